The Balaban J connectivity index is 2.78. The molecule has 0 atom stereocenters. The Labute approximate surface area is 175 Å². The third-order valence-corrected chi connectivity index (χ3v) is 5.66. The predicted octanol–water partition coefficient (Wildman–Crippen LogP) is 6.97. The van der Waals surface area contributed by atoms with Crippen LogP contribution in [0, 0.1) is 11.8 Å². The molecule has 0 N–H and O–H groups in total. The van der Waals surface area contributed by atoms with Crippen LogP contribution < -0.4 is 0 Å². The highest BCUT2D eigenvalue weighted by Gasteiger charge is 2.87. The number of carbonyl (C=O) groups is 1. The van der Waals surface area contributed by atoms with E-state index in [1.54, 1.807) is 0 Å². The maximum Gasteiger partial charge on any atom is 0.384 e. The number of halogens is 12. The Morgan fingerprint density at radius 3 is 1.72 bits per heavy atom. The first kappa shape index (κ1) is 28.7. The second-order valence-electron chi connectivity index (χ2n) is 7.85. The molecule has 2 nitrogen and oxygen atoms in total. The molecule has 1 rings (SSSR count). The van der Waals surface area contributed by atoms with Crippen molar-refractivity contribution in [2.24, 2.45) is 11.8 Å². The molecule has 0 saturated heterocycles. The van der Waals surface area contributed by atoms with E-state index in [1.165, 1.54) is 0 Å². The van der Waals surface area contributed by atoms with Gasteiger partial charge in [0.1, 0.15) is 0 Å². The van der Waals surface area contributed by atoms with Gasteiger partial charge < -0.3 is 4.74 Å². The standard InChI is InChI=1S/C18H22F12O2/c1-2-10-3-5-11(6-4-10)7-8-12(31)32-9-14(21,22)16(25,26)18(29,30)17(27,28)15(23,24)13(19)20/h10-11,13H,2-9H2,1H3/t10-,11-. The topological polar surface area (TPSA) is 26.3 Å². The molecular weight excluding hydrogens is 476 g/mol. The summed E-state index contributed by atoms with van der Waals surface area (Å²) in [6, 6.07) is 0. The summed E-state index contributed by atoms with van der Waals surface area (Å²) in [5, 5.41) is 0. The van der Waals surface area contributed by atoms with Crippen molar-refractivity contribution in [2.75, 3.05) is 6.61 Å². The Morgan fingerprint density at radius 2 is 1.28 bits per heavy atom. The highest BCUT2D eigenvalue weighted by atomic mass is 19.4. The predicted molar refractivity (Wildman–Crippen MR) is 86.7 cm³/mol. The molecular formula is C18H22F12O2. The minimum Gasteiger partial charge on any atom is -0.459 e. The van der Waals surface area contributed by atoms with E-state index in [4.69, 9.17) is 0 Å². The van der Waals surface area contributed by atoms with Gasteiger partial charge in [0, 0.05) is 6.42 Å². The lowest BCUT2D eigenvalue weighted by Gasteiger charge is -2.38. The molecule has 0 aromatic heterocycles. The Kier molecular flexibility index (Phi) is 8.83. The molecule has 0 bridgehead atoms. The van der Waals surface area contributed by atoms with Gasteiger partial charge in [0.05, 0.1) is 0 Å². The SMILES string of the molecule is CC[C@H]1CC[C@H](CCC(=O)OCC(F)(F)C(F)(F)C(F)(F)C(F)(F)C(F)(F)C(F)F)CC1. The monoisotopic (exact) mass is 498 g/mol. The van der Waals surface area contributed by atoms with E-state index in [9.17, 15) is 57.5 Å². The molecule has 1 saturated carbocycles. The van der Waals surface area contributed by atoms with Crippen molar-refractivity contribution in [1.82, 2.24) is 0 Å². The molecule has 0 spiro atoms. The summed E-state index contributed by atoms with van der Waals surface area (Å²) < 4.78 is 160. The zero-order valence-electron chi connectivity index (χ0n) is 16.7. The summed E-state index contributed by atoms with van der Waals surface area (Å²) in [5.41, 5.74) is 0. The molecule has 1 aliphatic carbocycles. The first-order chi connectivity index (χ1) is 14.3. The van der Waals surface area contributed by atoms with Gasteiger partial charge in [0.2, 0.25) is 0 Å². The van der Waals surface area contributed by atoms with Crippen LogP contribution >= 0.6 is 0 Å². The van der Waals surface area contributed by atoms with Gasteiger partial charge in [-0.15, -0.1) is 0 Å². The Bertz CT molecular complexity index is 627. The zero-order chi connectivity index (χ0) is 25.2. The number of carbonyl (C=O) groups excluding carboxylic acids is 1. The molecule has 190 valence electrons. The minimum atomic E-state index is -7.62. The van der Waals surface area contributed by atoms with Gasteiger partial charge in [-0.05, 0) is 18.3 Å². The average Bonchev–Trinajstić information content (AvgIpc) is 2.70. The van der Waals surface area contributed by atoms with Crippen molar-refractivity contribution in [2.45, 2.75) is 87.9 Å². The number of alkyl halides is 12. The van der Waals surface area contributed by atoms with Crippen molar-refractivity contribution in [3.8, 4) is 0 Å². The molecule has 14 heteroatoms. The normalized spacial score (nSPS) is 21.7. The number of hydrogen-bond donors (Lipinski definition) is 0. The van der Waals surface area contributed by atoms with Crippen LogP contribution in [0.1, 0.15) is 51.9 Å². The van der Waals surface area contributed by atoms with E-state index in [-0.39, 0.29) is 12.3 Å². The molecule has 0 aromatic rings. The molecule has 0 aromatic carbocycles. The molecule has 32 heavy (non-hydrogen) atoms. The quantitative estimate of drug-likeness (QED) is 0.227. The summed E-state index contributed by atoms with van der Waals surface area (Å²) >= 11 is 0. The van der Waals surface area contributed by atoms with E-state index in [0.717, 1.165) is 19.3 Å². The lowest BCUT2D eigenvalue weighted by molar-refractivity contribution is -0.414. The molecule has 0 amide bonds. The van der Waals surface area contributed by atoms with Crippen molar-refractivity contribution >= 4 is 5.97 Å². The van der Waals surface area contributed by atoms with Gasteiger partial charge >= 0.3 is 42.0 Å². The second kappa shape index (κ2) is 9.86. The lowest BCUT2D eigenvalue weighted by atomic mass is 9.79. The summed E-state index contributed by atoms with van der Waals surface area (Å²) in [6.45, 7) is -0.848. The van der Waals surface area contributed by atoms with Crippen molar-refractivity contribution in [3.63, 3.8) is 0 Å². The van der Waals surface area contributed by atoms with Crippen LogP contribution in [0.5, 0.6) is 0 Å². The first-order valence-corrected chi connectivity index (χ1v) is 9.68. The maximum atomic E-state index is 13.6. The van der Waals surface area contributed by atoms with Gasteiger partial charge in [-0.25, -0.2) is 8.78 Å². The summed E-state index contributed by atoms with van der Waals surface area (Å²) in [5.74, 6) is -36.8. The van der Waals surface area contributed by atoms with E-state index >= 15 is 0 Å². The largest absolute Gasteiger partial charge is 0.459 e. The van der Waals surface area contributed by atoms with Crippen molar-refractivity contribution in [3.05, 3.63) is 0 Å². The highest BCUT2D eigenvalue weighted by Crippen LogP contribution is 2.58. The molecule has 0 heterocycles. The van der Waals surface area contributed by atoms with Gasteiger partial charge in [-0.2, -0.15) is 43.9 Å². The molecule has 1 aliphatic rings. The van der Waals surface area contributed by atoms with E-state index in [1.807, 2.05) is 6.92 Å². The number of esters is 1. The fourth-order valence-electron chi connectivity index (χ4n) is 3.36. The van der Waals surface area contributed by atoms with Crippen LogP contribution in [0.4, 0.5) is 52.7 Å². The van der Waals surface area contributed by atoms with Gasteiger partial charge in [0.25, 0.3) is 0 Å². The maximum absolute atomic E-state index is 13.6. The van der Waals surface area contributed by atoms with Crippen LogP contribution in [0.2, 0.25) is 0 Å². The van der Waals surface area contributed by atoms with Gasteiger partial charge in [-0.3, -0.25) is 4.79 Å². The minimum absolute atomic E-state index is 0.00639. The number of ether oxygens (including phenoxy) is 1. The fraction of sp³-hybridized carbons (Fsp3) is 0.944. The number of rotatable bonds is 11. The smallest absolute Gasteiger partial charge is 0.384 e. The third kappa shape index (κ3) is 5.40. The molecule has 0 aliphatic heterocycles. The van der Waals surface area contributed by atoms with Gasteiger partial charge in [0.15, 0.2) is 6.61 Å². The van der Waals surface area contributed by atoms with E-state index in [2.05, 4.69) is 4.74 Å². The lowest BCUT2D eigenvalue weighted by Crippen LogP contribution is -2.69. The van der Waals surface area contributed by atoms with Gasteiger partial charge in [-0.1, -0.05) is 39.0 Å². The van der Waals surface area contributed by atoms with Crippen molar-refractivity contribution < 1.29 is 62.2 Å². The van der Waals surface area contributed by atoms with E-state index in [0.29, 0.717) is 18.8 Å². The van der Waals surface area contributed by atoms with Crippen molar-refractivity contribution in [1.29, 1.82) is 0 Å². The highest BCUT2D eigenvalue weighted by molar-refractivity contribution is 5.69. The zero-order valence-corrected chi connectivity index (χ0v) is 16.7. The average molecular weight is 498 g/mol. The van der Waals surface area contributed by atoms with Crippen LogP contribution in [-0.2, 0) is 9.53 Å². The summed E-state index contributed by atoms with van der Waals surface area (Å²) in [6.07, 6.45) is -1.92. The summed E-state index contributed by atoms with van der Waals surface area (Å²) in [7, 11) is 0. The van der Waals surface area contributed by atoms with Crippen LogP contribution in [0.15, 0.2) is 0 Å². The van der Waals surface area contributed by atoms with Crippen LogP contribution in [-0.4, -0.2) is 48.6 Å². The second-order valence-corrected chi connectivity index (χ2v) is 7.85. The first-order valence-electron chi connectivity index (χ1n) is 9.68. The number of hydrogen-bond acceptors (Lipinski definition) is 2. The summed E-state index contributed by atoms with van der Waals surface area (Å²) in [4.78, 5) is 11.5. The Hall–Kier alpha value is -1.37. The fourth-order valence-corrected chi connectivity index (χ4v) is 3.36. The molecule has 1 fully saturated rings. The molecule has 0 radical (unpaired) electrons. The molecule has 0 unspecified atom stereocenters. The van der Waals surface area contributed by atoms with Crippen LogP contribution in [0.25, 0.3) is 0 Å². The third-order valence-electron chi connectivity index (χ3n) is 5.66. The van der Waals surface area contributed by atoms with E-state index < -0.39 is 55.0 Å². The van der Waals surface area contributed by atoms with Crippen LogP contribution in [0.3, 0.4) is 0 Å². The Morgan fingerprint density at radius 1 is 0.812 bits per heavy atom.